The molecule has 0 aliphatic carbocycles. The number of carbonyl (C=O) groups is 2. The number of aryl methyl sites for hydroxylation is 1. The van der Waals surface area contributed by atoms with Gasteiger partial charge in [-0.25, -0.2) is 0 Å². The second kappa shape index (κ2) is 10.7. The molecule has 0 aromatic heterocycles. The molecule has 3 rings (SSSR count). The Morgan fingerprint density at radius 3 is 2.47 bits per heavy atom. The molecule has 2 aromatic rings. The van der Waals surface area contributed by atoms with Crippen molar-refractivity contribution in [1.82, 2.24) is 10.2 Å². The van der Waals surface area contributed by atoms with Gasteiger partial charge in [0.2, 0.25) is 5.91 Å². The summed E-state index contributed by atoms with van der Waals surface area (Å²) in [6.07, 6.45) is 1.86. The second-order valence-electron chi connectivity index (χ2n) is 7.62. The van der Waals surface area contributed by atoms with E-state index in [1.54, 1.807) is 0 Å². The van der Waals surface area contributed by atoms with Gasteiger partial charge in [0.1, 0.15) is 11.5 Å². The smallest absolute Gasteiger partial charge is 0.258 e. The Labute approximate surface area is 178 Å². The summed E-state index contributed by atoms with van der Waals surface area (Å²) in [7, 11) is 0. The molecule has 30 heavy (non-hydrogen) atoms. The molecule has 0 atom stereocenters. The van der Waals surface area contributed by atoms with Crippen LogP contribution in [-0.2, 0) is 9.59 Å². The molecule has 1 heterocycles. The number of ether oxygens (including phenoxy) is 2. The Bertz CT molecular complexity index is 846. The van der Waals surface area contributed by atoms with Crippen LogP contribution in [0.5, 0.6) is 11.5 Å². The first-order valence-electron chi connectivity index (χ1n) is 10.5. The topological polar surface area (TPSA) is 67.9 Å². The molecule has 1 fully saturated rings. The van der Waals surface area contributed by atoms with Crippen LogP contribution in [0, 0.1) is 13.8 Å². The minimum atomic E-state index is -0.128. The van der Waals surface area contributed by atoms with Gasteiger partial charge in [0.15, 0.2) is 6.61 Å². The summed E-state index contributed by atoms with van der Waals surface area (Å²) in [5, 5.41) is 3.02. The molecule has 1 N–H and O–H groups in total. The molecule has 1 aliphatic heterocycles. The molecule has 0 radical (unpaired) electrons. The van der Waals surface area contributed by atoms with Gasteiger partial charge in [-0.05, 0) is 56.0 Å². The SMILES string of the molecule is Cc1cccc(OCC(=O)NC2CCN(C(=O)CCOc3ccccc3)CC2)c1C. The minimum Gasteiger partial charge on any atom is -0.493 e. The van der Waals surface area contributed by atoms with Crippen LogP contribution in [0.1, 0.15) is 30.4 Å². The van der Waals surface area contributed by atoms with Crippen molar-refractivity contribution >= 4 is 11.8 Å². The molecule has 6 heteroatoms. The van der Waals surface area contributed by atoms with Gasteiger partial charge in [0, 0.05) is 19.1 Å². The third kappa shape index (κ3) is 6.24. The van der Waals surface area contributed by atoms with Gasteiger partial charge in [-0.3, -0.25) is 9.59 Å². The number of hydrogen-bond acceptors (Lipinski definition) is 4. The number of hydrogen-bond donors (Lipinski definition) is 1. The highest BCUT2D eigenvalue weighted by Crippen LogP contribution is 2.20. The zero-order valence-corrected chi connectivity index (χ0v) is 17.7. The highest BCUT2D eigenvalue weighted by Gasteiger charge is 2.23. The van der Waals surface area contributed by atoms with Crippen molar-refractivity contribution < 1.29 is 19.1 Å². The molecule has 6 nitrogen and oxygen atoms in total. The molecular formula is C24H30N2O4. The van der Waals surface area contributed by atoms with Gasteiger partial charge >= 0.3 is 0 Å². The average Bonchev–Trinajstić information content (AvgIpc) is 2.76. The number of carbonyl (C=O) groups excluding carboxylic acids is 2. The van der Waals surface area contributed by atoms with E-state index in [9.17, 15) is 9.59 Å². The van der Waals surface area contributed by atoms with E-state index in [-0.39, 0.29) is 24.5 Å². The maximum absolute atomic E-state index is 12.4. The number of nitrogens with one attached hydrogen (secondary N) is 1. The monoisotopic (exact) mass is 410 g/mol. The summed E-state index contributed by atoms with van der Waals surface area (Å²) in [5.41, 5.74) is 2.19. The number of benzene rings is 2. The molecule has 1 aliphatic rings. The first kappa shape index (κ1) is 21.7. The van der Waals surface area contributed by atoms with Gasteiger partial charge < -0.3 is 19.7 Å². The third-order valence-corrected chi connectivity index (χ3v) is 5.45. The lowest BCUT2D eigenvalue weighted by Gasteiger charge is -2.32. The number of nitrogens with zero attached hydrogens (tertiary/aromatic N) is 1. The lowest BCUT2D eigenvalue weighted by atomic mass is 10.0. The van der Waals surface area contributed by atoms with Crippen molar-refractivity contribution in [1.29, 1.82) is 0 Å². The normalized spacial score (nSPS) is 14.3. The Balaban J connectivity index is 1.34. The van der Waals surface area contributed by atoms with Crippen molar-refractivity contribution in [2.45, 2.75) is 39.2 Å². The van der Waals surface area contributed by atoms with Crippen LogP contribution in [0.25, 0.3) is 0 Å². The first-order chi connectivity index (χ1) is 14.5. The van der Waals surface area contributed by atoms with Crippen molar-refractivity contribution in [3.63, 3.8) is 0 Å². The van der Waals surface area contributed by atoms with E-state index < -0.39 is 0 Å². The summed E-state index contributed by atoms with van der Waals surface area (Å²) in [6, 6.07) is 15.4. The maximum atomic E-state index is 12.4. The van der Waals surface area contributed by atoms with Gasteiger partial charge in [0.05, 0.1) is 13.0 Å². The standard InChI is InChI=1S/C24H30N2O4/c1-18-7-6-10-22(19(18)2)30-17-23(27)25-20-11-14-26(15-12-20)24(28)13-16-29-21-8-4-3-5-9-21/h3-10,20H,11-17H2,1-2H3,(H,25,27). The average molecular weight is 411 g/mol. The molecule has 160 valence electrons. The molecule has 1 saturated heterocycles. The minimum absolute atomic E-state index is 0.000261. The summed E-state index contributed by atoms with van der Waals surface area (Å²) < 4.78 is 11.3. The third-order valence-electron chi connectivity index (χ3n) is 5.45. The zero-order chi connectivity index (χ0) is 21.3. The van der Waals surface area contributed by atoms with Crippen LogP contribution >= 0.6 is 0 Å². The predicted octanol–water partition coefficient (Wildman–Crippen LogP) is 3.26. The summed E-state index contributed by atoms with van der Waals surface area (Å²) >= 11 is 0. The maximum Gasteiger partial charge on any atom is 0.258 e. The quantitative estimate of drug-likeness (QED) is 0.725. The lowest BCUT2D eigenvalue weighted by molar-refractivity contribution is -0.133. The number of para-hydroxylation sites is 1. The Morgan fingerprint density at radius 1 is 1.00 bits per heavy atom. The van der Waals surface area contributed by atoms with E-state index in [0.717, 1.165) is 35.5 Å². The zero-order valence-electron chi connectivity index (χ0n) is 17.7. The fourth-order valence-electron chi connectivity index (χ4n) is 3.50. The van der Waals surface area contributed by atoms with E-state index in [2.05, 4.69) is 5.32 Å². The van der Waals surface area contributed by atoms with E-state index in [1.807, 2.05) is 67.3 Å². The molecule has 0 spiro atoms. The Kier molecular flexibility index (Phi) is 7.71. The van der Waals surface area contributed by atoms with Crippen LogP contribution in [-0.4, -0.2) is 49.1 Å². The van der Waals surface area contributed by atoms with Crippen LogP contribution in [0.2, 0.25) is 0 Å². The molecule has 2 aromatic carbocycles. The summed E-state index contributed by atoms with van der Waals surface area (Å²) in [4.78, 5) is 26.5. The molecule has 2 amide bonds. The van der Waals surface area contributed by atoms with E-state index in [4.69, 9.17) is 9.47 Å². The van der Waals surface area contributed by atoms with Crippen LogP contribution in [0.15, 0.2) is 48.5 Å². The lowest BCUT2D eigenvalue weighted by Crippen LogP contribution is -2.47. The van der Waals surface area contributed by atoms with E-state index in [0.29, 0.717) is 26.1 Å². The predicted molar refractivity (Wildman–Crippen MR) is 116 cm³/mol. The molecule has 0 bridgehead atoms. The summed E-state index contributed by atoms with van der Waals surface area (Å²) in [5.74, 6) is 1.48. The largest absolute Gasteiger partial charge is 0.493 e. The summed E-state index contributed by atoms with van der Waals surface area (Å²) in [6.45, 7) is 5.67. The highest BCUT2D eigenvalue weighted by atomic mass is 16.5. The van der Waals surface area contributed by atoms with Crippen LogP contribution in [0.3, 0.4) is 0 Å². The Hall–Kier alpha value is -3.02. The van der Waals surface area contributed by atoms with Gasteiger partial charge in [-0.15, -0.1) is 0 Å². The molecular weight excluding hydrogens is 380 g/mol. The molecule has 0 saturated carbocycles. The molecule has 0 unspecified atom stereocenters. The number of rotatable bonds is 8. The van der Waals surface area contributed by atoms with Crippen molar-refractivity contribution in [3.8, 4) is 11.5 Å². The van der Waals surface area contributed by atoms with Crippen molar-refractivity contribution in [2.24, 2.45) is 0 Å². The van der Waals surface area contributed by atoms with Gasteiger partial charge in [-0.1, -0.05) is 30.3 Å². The highest BCUT2D eigenvalue weighted by molar-refractivity contribution is 5.78. The first-order valence-corrected chi connectivity index (χ1v) is 10.5. The van der Waals surface area contributed by atoms with Crippen LogP contribution < -0.4 is 14.8 Å². The van der Waals surface area contributed by atoms with E-state index in [1.165, 1.54) is 0 Å². The number of likely N-dealkylation sites (tertiary alicyclic amines) is 1. The van der Waals surface area contributed by atoms with Crippen LogP contribution in [0.4, 0.5) is 0 Å². The van der Waals surface area contributed by atoms with E-state index >= 15 is 0 Å². The van der Waals surface area contributed by atoms with Crippen molar-refractivity contribution in [2.75, 3.05) is 26.3 Å². The van der Waals surface area contributed by atoms with Crippen molar-refractivity contribution in [3.05, 3.63) is 59.7 Å². The second-order valence-corrected chi connectivity index (χ2v) is 7.62. The fraction of sp³-hybridized carbons (Fsp3) is 0.417. The number of amides is 2. The fourth-order valence-corrected chi connectivity index (χ4v) is 3.50. The van der Waals surface area contributed by atoms with Gasteiger partial charge in [0.25, 0.3) is 5.91 Å². The Morgan fingerprint density at radius 2 is 1.73 bits per heavy atom. The van der Waals surface area contributed by atoms with Gasteiger partial charge in [-0.2, -0.15) is 0 Å². The number of piperidine rings is 1.